The van der Waals surface area contributed by atoms with Gasteiger partial charge in [0, 0.05) is 11.0 Å². The highest BCUT2D eigenvalue weighted by molar-refractivity contribution is 7.98. The second-order valence-electron chi connectivity index (χ2n) is 4.28. The van der Waals surface area contributed by atoms with Crippen molar-refractivity contribution < 1.29 is 9.66 Å². The van der Waals surface area contributed by atoms with Crippen LogP contribution in [0.2, 0.25) is 0 Å². The highest BCUT2D eigenvalue weighted by Crippen LogP contribution is 2.36. The molecular weight excluding hydrogens is 288 g/mol. The zero-order valence-corrected chi connectivity index (χ0v) is 12.3. The third-order valence-electron chi connectivity index (χ3n) is 2.85. The van der Waals surface area contributed by atoms with Crippen LogP contribution in [0.3, 0.4) is 0 Å². The highest BCUT2D eigenvalue weighted by atomic mass is 32.2. The largest absolute Gasteiger partial charge is 0.449 e. The van der Waals surface area contributed by atoms with E-state index in [0.29, 0.717) is 11.3 Å². The standard InChI is InChI=1S/C15H12N2O3S/c1-10-6-7-12(17(18)19)14(8-10)20-13-4-3-5-15(21-2)11(13)9-16/h3-8H,1-2H3. The first kappa shape index (κ1) is 14.9. The topological polar surface area (TPSA) is 76.2 Å². The number of nitriles is 1. The number of ether oxygens (including phenoxy) is 1. The second-order valence-corrected chi connectivity index (χ2v) is 5.12. The van der Waals surface area contributed by atoms with Crippen molar-refractivity contribution in [2.75, 3.05) is 6.26 Å². The number of nitro groups is 1. The molecule has 0 aromatic heterocycles. The summed E-state index contributed by atoms with van der Waals surface area (Å²) in [4.78, 5) is 11.3. The molecule has 0 saturated heterocycles. The van der Waals surface area contributed by atoms with Gasteiger partial charge in [-0.25, -0.2) is 0 Å². The Bertz CT molecular complexity index is 738. The molecule has 0 aliphatic carbocycles. The Morgan fingerprint density at radius 2 is 2.05 bits per heavy atom. The van der Waals surface area contributed by atoms with Crippen molar-refractivity contribution in [3.8, 4) is 17.6 Å². The maximum Gasteiger partial charge on any atom is 0.311 e. The molecule has 0 bridgehead atoms. The smallest absolute Gasteiger partial charge is 0.311 e. The van der Waals surface area contributed by atoms with Gasteiger partial charge in [0.05, 0.1) is 4.92 Å². The van der Waals surface area contributed by atoms with Gasteiger partial charge in [-0.15, -0.1) is 11.8 Å². The normalized spacial score (nSPS) is 9.95. The van der Waals surface area contributed by atoms with Gasteiger partial charge in [0.2, 0.25) is 5.75 Å². The zero-order chi connectivity index (χ0) is 15.4. The summed E-state index contributed by atoms with van der Waals surface area (Å²) in [6.07, 6.45) is 1.86. The van der Waals surface area contributed by atoms with E-state index >= 15 is 0 Å². The first-order valence-electron chi connectivity index (χ1n) is 6.07. The number of aryl methyl sites for hydroxylation is 1. The molecule has 5 nitrogen and oxygen atoms in total. The van der Waals surface area contributed by atoms with E-state index in [0.717, 1.165) is 10.5 Å². The van der Waals surface area contributed by atoms with Gasteiger partial charge in [-0.3, -0.25) is 10.1 Å². The Labute approximate surface area is 126 Å². The van der Waals surface area contributed by atoms with Crippen molar-refractivity contribution >= 4 is 17.4 Å². The molecule has 21 heavy (non-hydrogen) atoms. The van der Waals surface area contributed by atoms with Crippen LogP contribution in [0.25, 0.3) is 0 Å². The molecular formula is C15H12N2O3S. The van der Waals surface area contributed by atoms with Gasteiger partial charge in [-0.05, 0) is 36.9 Å². The lowest BCUT2D eigenvalue weighted by Crippen LogP contribution is -1.96. The predicted octanol–water partition coefficient (Wildman–Crippen LogP) is 4.29. The van der Waals surface area contributed by atoms with E-state index in [1.807, 2.05) is 13.2 Å². The quantitative estimate of drug-likeness (QED) is 0.478. The summed E-state index contributed by atoms with van der Waals surface area (Å²) in [5, 5.41) is 20.3. The maximum absolute atomic E-state index is 11.1. The Morgan fingerprint density at radius 3 is 2.67 bits per heavy atom. The van der Waals surface area contributed by atoms with Crippen LogP contribution in [0.5, 0.6) is 11.5 Å². The SMILES string of the molecule is CSc1cccc(Oc2cc(C)ccc2[N+](=O)[O-])c1C#N. The summed E-state index contributed by atoms with van der Waals surface area (Å²) < 4.78 is 5.64. The van der Waals surface area contributed by atoms with Gasteiger partial charge in [0.15, 0.2) is 0 Å². The maximum atomic E-state index is 11.1. The molecule has 2 rings (SSSR count). The van der Waals surface area contributed by atoms with Gasteiger partial charge < -0.3 is 4.74 Å². The molecule has 0 saturated carbocycles. The molecule has 0 amide bonds. The summed E-state index contributed by atoms with van der Waals surface area (Å²) in [6.45, 7) is 1.82. The van der Waals surface area contributed by atoms with Crippen LogP contribution in [0, 0.1) is 28.4 Å². The lowest BCUT2D eigenvalue weighted by atomic mass is 10.2. The average Bonchev–Trinajstić information content (AvgIpc) is 2.46. The fourth-order valence-electron chi connectivity index (χ4n) is 1.85. The van der Waals surface area contributed by atoms with Gasteiger partial charge in [-0.1, -0.05) is 12.1 Å². The van der Waals surface area contributed by atoms with Crippen LogP contribution in [0.1, 0.15) is 11.1 Å². The minimum atomic E-state index is -0.501. The van der Waals surface area contributed by atoms with E-state index in [-0.39, 0.29) is 11.4 Å². The van der Waals surface area contributed by atoms with E-state index in [2.05, 4.69) is 6.07 Å². The molecule has 0 aliphatic rings. The van der Waals surface area contributed by atoms with Gasteiger partial charge in [-0.2, -0.15) is 5.26 Å². The van der Waals surface area contributed by atoms with E-state index in [1.54, 1.807) is 30.3 Å². The molecule has 0 spiro atoms. The van der Waals surface area contributed by atoms with Crippen LogP contribution < -0.4 is 4.74 Å². The van der Waals surface area contributed by atoms with Gasteiger partial charge in [0.25, 0.3) is 0 Å². The summed E-state index contributed by atoms with van der Waals surface area (Å²) in [5.41, 5.74) is 1.09. The first-order chi connectivity index (χ1) is 10.1. The lowest BCUT2D eigenvalue weighted by Gasteiger charge is -2.10. The molecule has 0 aliphatic heterocycles. The molecule has 0 unspecified atom stereocenters. The Kier molecular flexibility index (Phi) is 4.45. The average molecular weight is 300 g/mol. The minimum absolute atomic E-state index is 0.126. The number of nitrogens with zero attached hydrogens (tertiary/aromatic N) is 2. The lowest BCUT2D eigenvalue weighted by molar-refractivity contribution is -0.385. The summed E-state index contributed by atoms with van der Waals surface area (Å²) in [5.74, 6) is 0.452. The van der Waals surface area contributed by atoms with Gasteiger partial charge in [0.1, 0.15) is 17.4 Å². The zero-order valence-electron chi connectivity index (χ0n) is 11.5. The second kappa shape index (κ2) is 6.29. The number of hydrogen-bond acceptors (Lipinski definition) is 5. The molecule has 0 heterocycles. The fraction of sp³-hybridized carbons (Fsp3) is 0.133. The van der Waals surface area contributed by atoms with Gasteiger partial charge >= 0.3 is 5.69 Å². The number of rotatable bonds is 4. The molecule has 2 aromatic carbocycles. The Balaban J connectivity index is 2.51. The fourth-order valence-corrected chi connectivity index (χ4v) is 2.41. The van der Waals surface area contributed by atoms with E-state index < -0.39 is 4.92 Å². The predicted molar refractivity (Wildman–Crippen MR) is 80.8 cm³/mol. The van der Waals surface area contributed by atoms with Crippen molar-refractivity contribution in [2.45, 2.75) is 11.8 Å². The molecule has 2 aromatic rings. The molecule has 0 atom stereocenters. The summed E-state index contributed by atoms with van der Waals surface area (Å²) in [6, 6.07) is 11.9. The number of nitro benzene ring substituents is 1. The highest BCUT2D eigenvalue weighted by Gasteiger charge is 2.18. The molecule has 0 fully saturated rings. The molecule has 6 heteroatoms. The minimum Gasteiger partial charge on any atom is -0.449 e. The third-order valence-corrected chi connectivity index (χ3v) is 3.63. The van der Waals surface area contributed by atoms with Crippen molar-refractivity contribution in [3.05, 3.63) is 57.6 Å². The van der Waals surface area contributed by atoms with E-state index in [1.165, 1.54) is 17.8 Å². The summed E-state index contributed by atoms with van der Waals surface area (Å²) in [7, 11) is 0. The summed E-state index contributed by atoms with van der Waals surface area (Å²) >= 11 is 1.42. The monoisotopic (exact) mass is 300 g/mol. The molecule has 0 radical (unpaired) electrons. The van der Waals surface area contributed by atoms with Crippen molar-refractivity contribution in [1.82, 2.24) is 0 Å². The van der Waals surface area contributed by atoms with E-state index in [4.69, 9.17) is 4.74 Å². The Hall–Kier alpha value is -2.52. The van der Waals surface area contributed by atoms with Crippen LogP contribution in [-0.4, -0.2) is 11.2 Å². The van der Waals surface area contributed by atoms with Crippen LogP contribution in [-0.2, 0) is 0 Å². The van der Waals surface area contributed by atoms with Crippen LogP contribution in [0.15, 0.2) is 41.3 Å². The number of benzene rings is 2. The van der Waals surface area contributed by atoms with Crippen LogP contribution >= 0.6 is 11.8 Å². The van der Waals surface area contributed by atoms with Crippen LogP contribution in [0.4, 0.5) is 5.69 Å². The van der Waals surface area contributed by atoms with E-state index in [9.17, 15) is 15.4 Å². The molecule has 106 valence electrons. The molecule has 0 N–H and O–H groups in total. The van der Waals surface area contributed by atoms with Crippen molar-refractivity contribution in [2.24, 2.45) is 0 Å². The van der Waals surface area contributed by atoms with Crippen molar-refractivity contribution in [1.29, 1.82) is 5.26 Å². The van der Waals surface area contributed by atoms with Crippen molar-refractivity contribution in [3.63, 3.8) is 0 Å². The number of thioether (sulfide) groups is 1. The number of hydrogen-bond donors (Lipinski definition) is 0. The third kappa shape index (κ3) is 3.15. The first-order valence-corrected chi connectivity index (χ1v) is 7.29. The Morgan fingerprint density at radius 1 is 1.29 bits per heavy atom.